The Morgan fingerprint density at radius 2 is 1.60 bits per heavy atom. The topological polar surface area (TPSA) is 42.8 Å². The lowest BCUT2D eigenvalue weighted by Crippen LogP contribution is -1.98. The van der Waals surface area contributed by atoms with Gasteiger partial charge in [-0.15, -0.1) is 0 Å². The van der Waals surface area contributed by atoms with Crippen molar-refractivity contribution < 1.29 is 9.47 Å². The molecule has 0 unspecified atom stereocenters. The Labute approximate surface area is 147 Å². The van der Waals surface area contributed by atoms with Crippen molar-refractivity contribution in [2.24, 2.45) is 5.10 Å². The van der Waals surface area contributed by atoms with E-state index >= 15 is 0 Å². The van der Waals surface area contributed by atoms with E-state index in [4.69, 9.17) is 9.47 Å². The zero-order valence-electron chi connectivity index (χ0n) is 14.1. The minimum absolute atomic E-state index is 0.500. The first-order valence-electron chi connectivity index (χ1n) is 8.04. The van der Waals surface area contributed by atoms with Crippen LogP contribution in [0.2, 0.25) is 0 Å². The van der Waals surface area contributed by atoms with Gasteiger partial charge in [0.2, 0.25) is 0 Å². The lowest BCUT2D eigenvalue weighted by Gasteiger charge is -2.11. The number of nitrogens with zero attached hydrogens (tertiary/aromatic N) is 1. The molecule has 3 rings (SSSR count). The number of rotatable bonds is 7. The number of anilines is 1. The summed E-state index contributed by atoms with van der Waals surface area (Å²) in [6, 6.07) is 25.6. The number of benzene rings is 3. The van der Waals surface area contributed by atoms with Gasteiger partial charge in [-0.2, -0.15) is 5.10 Å². The highest BCUT2D eigenvalue weighted by atomic mass is 16.5. The highest BCUT2D eigenvalue weighted by Gasteiger charge is 2.05. The summed E-state index contributed by atoms with van der Waals surface area (Å²) in [5, 5.41) is 4.24. The van der Waals surface area contributed by atoms with Crippen LogP contribution in [0.3, 0.4) is 0 Å². The third-order valence-corrected chi connectivity index (χ3v) is 3.61. The third kappa shape index (κ3) is 4.85. The average molecular weight is 332 g/mol. The minimum Gasteiger partial charge on any atom is -0.493 e. The van der Waals surface area contributed by atoms with Gasteiger partial charge in [0.15, 0.2) is 11.5 Å². The fourth-order valence-corrected chi connectivity index (χ4v) is 2.31. The fourth-order valence-electron chi connectivity index (χ4n) is 2.31. The van der Waals surface area contributed by atoms with Gasteiger partial charge in [0.1, 0.15) is 6.61 Å². The van der Waals surface area contributed by atoms with Gasteiger partial charge >= 0.3 is 0 Å². The van der Waals surface area contributed by atoms with Crippen LogP contribution in [-0.2, 0) is 6.61 Å². The van der Waals surface area contributed by atoms with Crippen LogP contribution in [0.15, 0.2) is 84.0 Å². The summed E-state index contributed by atoms with van der Waals surface area (Å²) in [5.74, 6) is 1.39. The normalized spacial score (nSPS) is 10.6. The van der Waals surface area contributed by atoms with Crippen LogP contribution < -0.4 is 14.9 Å². The zero-order chi connectivity index (χ0) is 17.3. The highest BCUT2D eigenvalue weighted by molar-refractivity contribution is 5.81. The number of hydrogen-bond donors (Lipinski definition) is 1. The van der Waals surface area contributed by atoms with Crippen LogP contribution in [0.25, 0.3) is 0 Å². The van der Waals surface area contributed by atoms with E-state index in [0.717, 1.165) is 16.8 Å². The van der Waals surface area contributed by atoms with Gasteiger partial charge in [-0.25, -0.2) is 0 Å². The quantitative estimate of drug-likeness (QED) is 0.503. The maximum absolute atomic E-state index is 5.86. The van der Waals surface area contributed by atoms with Crippen LogP contribution in [-0.4, -0.2) is 13.3 Å². The minimum atomic E-state index is 0.500. The summed E-state index contributed by atoms with van der Waals surface area (Å²) in [4.78, 5) is 0. The summed E-state index contributed by atoms with van der Waals surface area (Å²) in [6.07, 6.45) is 1.75. The molecule has 3 aromatic carbocycles. The van der Waals surface area contributed by atoms with E-state index in [9.17, 15) is 0 Å². The van der Waals surface area contributed by atoms with Crippen LogP contribution in [0, 0.1) is 0 Å². The van der Waals surface area contributed by atoms with E-state index < -0.39 is 0 Å². The molecular weight excluding hydrogens is 312 g/mol. The molecule has 0 aliphatic carbocycles. The molecule has 0 saturated carbocycles. The Morgan fingerprint density at radius 3 is 2.32 bits per heavy atom. The van der Waals surface area contributed by atoms with Crippen LogP contribution >= 0.6 is 0 Å². The third-order valence-electron chi connectivity index (χ3n) is 3.61. The second-order valence-electron chi connectivity index (χ2n) is 5.42. The van der Waals surface area contributed by atoms with Crippen LogP contribution in [0.5, 0.6) is 11.5 Å². The summed E-state index contributed by atoms with van der Waals surface area (Å²) in [7, 11) is 1.63. The maximum Gasteiger partial charge on any atom is 0.161 e. The Hall–Kier alpha value is -3.27. The largest absolute Gasteiger partial charge is 0.493 e. The average Bonchev–Trinajstić information content (AvgIpc) is 2.68. The molecule has 4 heteroatoms. The molecule has 3 aromatic rings. The van der Waals surface area contributed by atoms with Crippen molar-refractivity contribution in [2.45, 2.75) is 6.61 Å². The summed E-state index contributed by atoms with van der Waals surface area (Å²) in [5.41, 5.74) is 5.96. The van der Waals surface area contributed by atoms with Gasteiger partial charge in [0, 0.05) is 0 Å². The number of hydrazone groups is 1. The Morgan fingerprint density at radius 1 is 0.880 bits per heavy atom. The van der Waals surface area contributed by atoms with Crippen molar-refractivity contribution in [3.63, 3.8) is 0 Å². The molecule has 0 aliphatic rings. The molecule has 0 heterocycles. The molecule has 126 valence electrons. The van der Waals surface area contributed by atoms with Crippen LogP contribution in [0.4, 0.5) is 5.69 Å². The number of hydrogen-bond acceptors (Lipinski definition) is 4. The second-order valence-corrected chi connectivity index (χ2v) is 5.42. The predicted molar refractivity (Wildman–Crippen MR) is 101 cm³/mol. The molecule has 0 fully saturated rings. The number of para-hydroxylation sites is 1. The van der Waals surface area contributed by atoms with E-state index in [1.165, 1.54) is 0 Å². The molecule has 0 radical (unpaired) electrons. The van der Waals surface area contributed by atoms with Crippen LogP contribution in [0.1, 0.15) is 11.1 Å². The molecule has 4 nitrogen and oxygen atoms in total. The Kier molecular flexibility index (Phi) is 5.67. The number of nitrogens with one attached hydrogen (secondary N) is 1. The van der Waals surface area contributed by atoms with Crippen molar-refractivity contribution in [2.75, 3.05) is 12.5 Å². The van der Waals surface area contributed by atoms with Gasteiger partial charge in [-0.1, -0.05) is 48.5 Å². The molecule has 0 amide bonds. The molecule has 0 spiro atoms. The van der Waals surface area contributed by atoms with E-state index in [-0.39, 0.29) is 0 Å². The SMILES string of the molecule is COc1cc(C=NNc2ccccc2)ccc1OCc1ccccc1. The first kappa shape index (κ1) is 16.6. The summed E-state index contributed by atoms with van der Waals surface area (Å²) < 4.78 is 11.3. The van der Waals surface area contributed by atoms with Crippen molar-refractivity contribution in [1.82, 2.24) is 0 Å². The molecule has 0 bridgehead atoms. The standard InChI is InChI=1S/C21H20N2O2/c1-24-21-14-18(15-22-23-19-10-6-3-7-11-19)12-13-20(21)25-16-17-8-4-2-5-9-17/h2-15,23H,16H2,1H3. The van der Waals surface area contributed by atoms with Crippen molar-refractivity contribution >= 4 is 11.9 Å². The van der Waals surface area contributed by atoms with E-state index in [0.29, 0.717) is 18.1 Å². The van der Waals surface area contributed by atoms with E-state index in [1.54, 1.807) is 13.3 Å². The Bertz CT molecular complexity index is 818. The first-order chi connectivity index (χ1) is 12.3. The molecule has 0 saturated heterocycles. The van der Waals surface area contributed by atoms with Gasteiger partial charge in [0.05, 0.1) is 19.0 Å². The number of methoxy groups -OCH3 is 1. The lowest BCUT2D eigenvalue weighted by atomic mass is 10.2. The number of ether oxygens (including phenoxy) is 2. The molecular formula is C21H20N2O2. The molecule has 25 heavy (non-hydrogen) atoms. The molecule has 0 aliphatic heterocycles. The smallest absolute Gasteiger partial charge is 0.161 e. The predicted octanol–water partition coefficient (Wildman–Crippen LogP) is 4.72. The van der Waals surface area contributed by atoms with Gasteiger partial charge in [-0.3, -0.25) is 5.43 Å². The highest BCUT2D eigenvalue weighted by Crippen LogP contribution is 2.28. The zero-order valence-corrected chi connectivity index (χ0v) is 14.1. The second kappa shape index (κ2) is 8.55. The molecule has 1 N–H and O–H groups in total. The maximum atomic E-state index is 5.86. The molecule has 0 atom stereocenters. The van der Waals surface area contributed by atoms with E-state index in [1.807, 2.05) is 78.9 Å². The monoisotopic (exact) mass is 332 g/mol. The van der Waals surface area contributed by atoms with Gasteiger partial charge in [0.25, 0.3) is 0 Å². The summed E-state index contributed by atoms with van der Waals surface area (Å²) >= 11 is 0. The molecule has 0 aromatic heterocycles. The lowest BCUT2D eigenvalue weighted by molar-refractivity contribution is 0.284. The Balaban J connectivity index is 1.64. The van der Waals surface area contributed by atoms with Crippen molar-refractivity contribution in [3.8, 4) is 11.5 Å². The van der Waals surface area contributed by atoms with E-state index in [2.05, 4.69) is 10.5 Å². The fraction of sp³-hybridized carbons (Fsp3) is 0.0952. The summed E-state index contributed by atoms with van der Waals surface area (Å²) in [6.45, 7) is 0.500. The van der Waals surface area contributed by atoms with Gasteiger partial charge < -0.3 is 9.47 Å². The van der Waals surface area contributed by atoms with Gasteiger partial charge in [-0.05, 0) is 41.5 Å². The first-order valence-corrected chi connectivity index (χ1v) is 8.04. The van der Waals surface area contributed by atoms with Crippen molar-refractivity contribution in [3.05, 3.63) is 90.0 Å². The van der Waals surface area contributed by atoms with Crippen molar-refractivity contribution in [1.29, 1.82) is 0 Å².